The predicted molar refractivity (Wildman–Crippen MR) is 124 cm³/mol. The largest absolute Gasteiger partial charge is 0.274 e. The molecule has 0 aliphatic carbocycles. The number of hydrogen-bond acceptors (Lipinski definition) is 5. The van der Waals surface area contributed by atoms with Crippen LogP contribution < -0.4 is 4.72 Å². The Morgan fingerprint density at radius 2 is 1.24 bits per heavy atom. The van der Waals surface area contributed by atoms with Crippen LogP contribution in [0.1, 0.15) is 24.4 Å². The van der Waals surface area contributed by atoms with E-state index in [0.717, 1.165) is 5.56 Å². The smallest absolute Gasteiger partial charge is 0.264 e. The van der Waals surface area contributed by atoms with Gasteiger partial charge in [-0.15, -0.1) is 0 Å². The number of nitrogens with zero attached hydrogens (tertiary/aromatic N) is 1. The standard InChI is InChI=1S/C24H24N2O5S2/c27-24(25-32(28,29)21-12-6-2-7-13-21)20-16-17-23(19-10-4-1-5-11-19)26(18-20)33(30,31)22-14-8-3-9-15-22/h1-15,20,23H,16-18H2,(H,25,27)/t20-,23-/m1/s1. The van der Waals surface area contributed by atoms with Gasteiger partial charge in [0.05, 0.1) is 21.8 Å². The first-order chi connectivity index (χ1) is 15.8. The average Bonchev–Trinajstić information content (AvgIpc) is 2.85. The molecule has 0 saturated carbocycles. The molecule has 9 heteroatoms. The maximum Gasteiger partial charge on any atom is 0.264 e. The van der Waals surface area contributed by atoms with Crippen LogP contribution in [0.5, 0.6) is 0 Å². The molecule has 0 bridgehead atoms. The first-order valence-corrected chi connectivity index (χ1v) is 13.4. The molecule has 1 saturated heterocycles. The Balaban J connectivity index is 1.63. The van der Waals surface area contributed by atoms with Crippen LogP contribution in [0.25, 0.3) is 0 Å². The molecule has 0 aromatic heterocycles. The minimum absolute atomic E-state index is 0.0231. The van der Waals surface area contributed by atoms with E-state index in [1.54, 1.807) is 36.4 Å². The molecule has 4 rings (SSSR count). The van der Waals surface area contributed by atoms with Crippen LogP contribution in [0.3, 0.4) is 0 Å². The van der Waals surface area contributed by atoms with Gasteiger partial charge in [0, 0.05) is 6.54 Å². The van der Waals surface area contributed by atoms with Gasteiger partial charge in [-0.25, -0.2) is 21.6 Å². The highest BCUT2D eigenvalue weighted by molar-refractivity contribution is 7.90. The summed E-state index contributed by atoms with van der Waals surface area (Å²) in [6, 6.07) is 24.5. The van der Waals surface area contributed by atoms with Gasteiger partial charge in [-0.05, 0) is 42.7 Å². The Hall–Kier alpha value is -3.01. The van der Waals surface area contributed by atoms with Crippen LogP contribution in [0.15, 0.2) is 101 Å². The van der Waals surface area contributed by atoms with E-state index >= 15 is 0 Å². The Kier molecular flexibility index (Phi) is 6.64. The molecule has 1 N–H and O–H groups in total. The Morgan fingerprint density at radius 3 is 1.82 bits per heavy atom. The van der Waals surface area contributed by atoms with Crippen molar-refractivity contribution in [3.8, 4) is 0 Å². The van der Waals surface area contributed by atoms with E-state index in [9.17, 15) is 21.6 Å². The van der Waals surface area contributed by atoms with Crippen molar-refractivity contribution >= 4 is 26.0 Å². The van der Waals surface area contributed by atoms with Crippen molar-refractivity contribution < 1.29 is 21.6 Å². The summed E-state index contributed by atoms with van der Waals surface area (Å²) in [5, 5.41) is 0. The summed E-state index contributed by atoms with van der Waals surface area (Å²) in [6.07, 6.45) is 0.746. The number of carbonyl (C=O) groups is 1. The monoisotopic (exact) mass is 484 g/mol. The lowest BCUT2D eigenvalue weighted by atomic mass is 9.90. The normalized spacial score (nSPS) is 19.6. The average molecular weight is 485 g/mol. The van der Waals surface area contributed by atoms with Gasteiger partial charge in [0.25, 0.3) is 10.0 Å². The van der Waals surface area contributed by atoms with Crippen LogP contribution in [-0.4, -0.2) is 33.6 Å². The topological polar surface area (TPSA) is 101 Å². The van der Waals surface area contributed by atoms with Crippen molar-refractivity contribution in [2.75, 3.05) is 6.54 Å². The van der Waals surface area contributed by atoms with Crippen LogP contribution in [0.4, 0.5) is 0 Å². The third-order valence-electron chi connectivity index (χ3n) is 5.73. The molecule has 0 spiro atoms. The number of sulfonamides is 2. The molecular weight excluding hydrogens is 460 g/mol. The zero-order chi connectivity index (χ0) is 23.5. The quantitative estimate of drug-likeness (QED) is 0.578. The number of piperidine rings is 1. The second kappa shape index (κ2) is 9.46. The fraction of sp³-hybridized carbons (Fsp3) is 0.208. The van der Waals surface area contributed by atoms with Crippen molar-refractivity contribution in [2.45, 2.75) is 28.7 Å². The van der Waals surface area contributed by atoms with E-state index in [4.69, 9.17) is 0 Å². The van der Waals surface area contributed by atoms with Gasteiger partial charge in [-0.1, -0.05) is 66.7 Å². The third-order valence-corrected chi connectivity index (χ3v) is 8.98. The fourth-order valence-electron chi connectivity index (χ4n) is 4.03. The summed E-state index contributed by atoms with van der Waals surface area (Å²) in [6.45, 7) is -0.118. The summed E-state index contributed by atoms with van der Waals surface area (Å²) >= 11 is 0. The van der Waals surface area contributed by atoms with Crippen LogP contribution >= 0.6 is 0 Å². The SMILES string of the molecule is O=C(NS(=O)(=O)c1ccccc1)[C@@H]1CC[C@H](c2ccccc2)N(S(=O)(=O)c2ccccc2)C1. The molecule has 1 aliphatic heterocycles. The number of nitrogens with one attached hydrogen (secondary N) is 1. The molecule has 0 unspecified atom stereocenters. The van der Waals surface area contributed by atoms with Crippen molar-refractivity contribution in [3.05, 3.63) is 96.6 Å². The summed E-state index contributed by atoms with van der Waals surface area (Å²) in [5.74, 6) is -1.51. The third kappa shape index (κ3) is 5.00. The van der Waals surface area contributed by atoms with Crippen molar-refractivity contribution in [3.63, 3.8) is 0 Å². The highest BCUT2D eigenvalue weighted by Gasteiger charge is 2.40. The van der Waals surface area contributed by atoms with Gasteiger partial charge in [-0.2, -0.15) is 4.31 Å². The molecule has 7 nitrogen and oxygen atoms in total. The maximum absolute atomic E-state index is 13.5. The van der Waals surface area contributed by atoms with Gasteiger partial charge in [0.15, 0.2) is 0 Å². The minimum atomic E-state index is -4.05. The zero-order valence-electron chi connectivity index (χ0n) is 17.7. The second-order valence-electron chi connectivity index (χ2n) is 7.87. The van der Waals surface area contributed by atoms with E-state index in [2.05, 4.69) is 4.72 Å². The highest BCUT2D eigenvalue weighted by atomic mass is 32.2. The highest BCUT2D eigenvalue weighted by Crippen LogP contribution is 2.37. The number of benzene rings is 3. The molecule has 2 atom stereocenters. The first kappa shape index (κ1) is 23.2. The summed E-state index contributed by atoms with van der Waals surface area (Å²) in [5.41, 5.74) is 0.827. The Labute approximate surface area is 194 Å². The van der Waals surface area contributed by atoms with E-state index in [-0.39, 0.29) is 16.3 Å². The molecule has 1 amide bonds. The van der Waals surface area contributed by atoms with E-state index in [0.29, 0.717) is 12.8 Å². The van der Waals surface area contributed by atoms with Crippen LogP contribution in [-0.2, 0) is 24.8 Å². The summed E-state index contributed by atoms with van der Waals surface area (Å²) in [4.78, 5) is 13.0. The fourth-order valence-corrected chi connectivity index (χ4v) is 6.80. The number of carbonyl (C=O) groups excluding carboxylic acids is 1. The van der Waals surface area contributed by atoms with Crippen molar-refractivity contribution in [1.82, 2.24) is 9.03 Å². The Bertz CT molecular complexity index is 1310. The van der Waals surface area contributed by atoms with Gasteiger partial charge in [-0.3, -0.25) is 4.79 Å². The maximum atomic E-state index is 13.5. The van der Waals surface area contributed by atoms with Crippen molar-refractivity contribution in [2.24, 2.45) is 5.92 Å². The molecule has 172 valence electrons. The molecule has 0 radical (unpaired) electrons. The van der Waals surface area contributed by atoms with Gasteiger partial charge >= 0.3 is 0 Å². The molecule has 1 aliphatic rings. The van der Waals surface area contributed by atoms with E-state index in [1.165, 1.54) is 28.6 Å². The lowest BCUT2D eigenvalue weighted by molar-refractivity contribution is -0.124. The first-order valence-electron chi connectivity index (χ1n) is 10.5. The zero-order valence-corrected chi connectivity index (χ0v) is 19.4. The molecule has 1 heterocycles. The van der Waals surface area contributed by atoms with E-state index in [1.807, 2.05) is 30.3 Å². The second-order valence-corrected chi connectivity index (χ2v) is 11.4. The number of hydrogen-bond donors (Lipinski definition) is 1. The lowest BCUT2D eigenvalue weighted by Gasteiger charge is -2.38. The van der Waals surface area contributed by atoms with Gasteiger partial charge in [0.1, 0.15) is 0 Å². The minimum Gasteiger partial charge on any atom is -0.274 e. The molecule has 33 heavy (non-hydrogen) atoms. The predicted octanol–water partition coefficient (Wildman–Crippen LogP) is 3.33. The van der Waals surface area contributed by atoms with Gasteiger partial charge in [0.2, 0.25) is 15.9 Å². The number of amides is 1. The van der Waals surface area contributed by atoms with Crippen molar-refractivity contribution in [1.29, 1.82) is 0 Å². The Morgan fingerprint density at radius 1 is 0.727 bits per heavy atom. The van der Waals surface area contributed by atoms with E-state index < -0.39 is 37.9 Å². The van der Waals surface area contributed by atoms with Crippen LogP contribution in [0, 0.1) is 5.92 Å². The summed E-state index contributed by atoms with van der Waals surface area (Å²) in [7, 11) is -7.96. The van der Waals surface area contributed by atoms with Gasteiger partial charge < -0.3 is 0 Å². The molecule has 3 aromatic carbocycles. The lowest BCUT2D eigenvalue weighted by Crippen LogP contribution is -2.47. The molecule has 3 aromatic rings. The summed E-state index contributed by atoms with van der Waals surface area (Å²) < 4.78 is 55.7. The number of rotatable bonds is 6. The van der Waals surface area contributed by atoms with Crippen LogP contribution in [0.2, 0.25) is 0 Å². The molecule has 1 fully saturated rings. The molecular formula is C24H24N2O5S2.